The lowest BCUT2D eigenvalue weighted by molar-refractivity contribution is 0.0198. The van der Waals surface area contributed by atoms with Crippen molar-refractivity contribution in [2.24, 2.45) is 0 Å². The number of nitrogens with zero attached hydrogens (tertiary/aromatic N) is 3. The third-order valence-electron chi connectivity index (χ3n) is 4.38. The second kappa shape index (κ2) is 9.41. The topological polar surface area (TPSA) is 94.8 Å². The number of aromatic nitrogens is 2. The molecule has 3 rings (SSSR count). The van der Waals surface area contributed by atoms with Crippen molar-refractivity contribution in [2.75, 3.05) is 26.8 Å². The van der Waals surface area contributed by atoms with Gasteiger partial charge in [0.25, 0.3) is 5.89 Å². The molecule has 1 saturated heterocycles. The molecule has 0 aliphatic carbocycles. The molecule has 8 nitrogen and oxygen atoms in total. The monoisotopic (exact) mass is 395 g/mol. The average molecular weight is 395 g/mol. The molecule has 1 aliphatic rings. The van der Waals surface area contributed by atoms with E-state index in [2.05, 4.69) is 10.1 Å². The van der Waals surface area contributed by atoms with Crippen molar-refractivity contribution in [1.82, 2.24) is 14.4 Å². The number of rotatable bonds is 9. The maximum Gasteiger partial charge on any atom is 0.252 e. The van der Waals surface area contributed by atoms with Gasteiger partial charge in [0.05, 0.1) is 18.5 Å². The maximum absolute atomic E-state index is 12.7. The minimum absolute atomic E-state index is 0.0195. The lowest BCUT2D eigenvalue weighted by Crippen LogP contribution is -2.43. The van der Waals surface area contributed by atoms with E-state index in [1.165, 1.54) is 0 Å². The SMILES string of the molecule is COCc1nc(CCOC2CCCN(S(=O)(=O)Cc3ccccc3)C2)no1. The Morgan fingerprint density at radius 3 is 2.89 bits per heavy atom. The first-order chi connectivity index (χ1) is 13.1. The van der Waals surface area contributed by atoms with Crippen LogP contribution in [0.4, 0.5) is 0 Å². The van der Waals surface area contributed by atoms with Crippen LogP contribution in [0.3, 0.4) is 0 Å². The Balaban J connectivity index is 1.48. The molecule has 0 saturated carbocycles. The van der Waals surface area contributed by atoms with Crippen molar-refractivity contribution in [3.8, 4) is 0 Å². The Labute approximate surface area is 159 Å². The second-order valence-electron chi connectivity index (χ2n) is 6.52. The van der Waals surface area contributed by atoms with E-state index < -0.39 is 10.0 Å². The molecule has 0 radical (unpaired) electrons. The summed E-state index contributed by atoms with van der Waals surface area (Å²) in [6, 6.07) is 9.24. The molecule has 27 heavy (non-hydrogen) atoms. The predicted molar refractivity (Wildman–Crippen MR) is 98.3 cm³/mol. The molecular weight excluding hydrogens is 370 g/mol. The van der Waals surface area contributed by atoms with Crippen LogP contribution in [0.5, 0.6) is 0 Å². The van der Waals surface area contributed by atoms with Gasteiger partial charge in [0.1, 0.15) is 6.61 Å². The van der Waals surface area contributed by atoms with Crippen molar-refractivity contribution >= 4 is 10.0 Å². The van der Waals surface area contributed by atoms with E-state index in [-0.39, 0.29) is 18.5 Å². The van der Waals surface area contributed by atoms with E-state index in [1.807, 2.05) is 30.3 Å². The third-order valence-corrected chi connectivity index (χ3v) is 6.20. The van der Waals surface area contributed by atoms with Gasteiger partial charge in [0.15, 0.2) is 5.82 Å². The van der Waals surface area contributed by atoms with E-state index in [0.29, 0.717) is 37.8 Å². The third kappa shape index (κ3) is 5.83. The summed E-state index contributed by atoms with van der Waals surface area (Å²) in [6.45, 7) is 1.63. The number of hydrogen-bond donors (Lipinski definition) is 0. The number of piperidine rings is 1. The standard InChI is InChI=1S/C18H25N3O5S/c1-24-13-18-19-17(20-26-18)9-11-25-16-8-5-10-21(12-16)27(22,23)14-15-6-3-2-4-7-15/h2-4,6-7,16H,5,8-14H2,1H3. The molecule has 0 bridgehead atoms. The van der Waals surface area contributed by atoms with Crippen molar-refractivity contribution < 1.29 is 22.4 Å². The highest BCUT2D eigenvalue weighted by atomic mass is 32.2. The molecule has 0 spiro atoms. The van der Waals surface area contributed by atoms with Gasteiger partial charge in [-0.25, -0.2) is 8.42 Å². The summed E-state index contributed by atoms with van der Waals surface area (Å²) in [5, 5.41) is 3.87. The Bertz CT molecular complexity index is 809. The van der Waals surface area contributed by atoms with E-state index in [9.17, 15) is 8.42 Å². The number of benzene rings is 1. The summed E-state index contributed by atoms with van der Waals surface area (Å²) in [7, 11) is -1.79. The van der Waals surface area contributed by atoms with Crippen molar-refractivity contribution in [3.05, 3.63) is 47.6 Å². The maximum atomic E-state index is 12.7. The summed E-state index contributed by atoms with van der Waals surface area (Å²) in [5.74, 6) is 1.01. The number of methoxy groups -OCH3 is 1. The van der Waals surface area contributed by atoms with Gasteiger partial charge in [0, 0.05) is 26.6 Å². The minimum Gasteiger partial charge on any atom is -0.376 e. The van der Waals surface area contributed by atoms with E-state index >= 15 is 0 Å². The zero-order valence-electron chi connectivity index (χ0n) is 15.4. The van der Waals surface area contributed by atoms with Crippen LogP contribution >= 0.6 is 0 Å². The highest BCUT2D eigenvalue weighted by molar-refractivity contribution is 7.88. The molecule has 2 heterocycles. The summed E-state index contributed by atoms with van der Waals surface area (Å²) in [5.41, 5.74) is 0.796. The zero-order chi connectivity index (χ0) is 19.1. The highest BCUT2D eigenvalue weighted by Crippen LogP contribution is 2.19. The molecule has 1 aromatic carbocycles. The van der Waals surface area contributed by atoms with Crippen molar-refractivity contribution in [1.29, 1.82) is 0 Å². The Hall–Kier alpha value is -1.81. The van der Waals surface area contributed by atoms with Crippen LogP contribution in [-0.2, 0) is 38.3 Å². The number of sulfonamides is 1. The van der Waals surface area contributed by atoms with Crippen LogP contribution in [0, 0.1) is 0 Å². The smallest absolute Gasteiger partial charge is 0.252 e. The molecule has 148 valence electrons. The van der Waals surface area contributed by atoms with Crippen LogP contribution in [0.2, 0.25) is 0 Å². The molecule has 1 aliphatic heterocycles. The zero-order valence-corrected chi connectivity index (χ0v) is 16.2. The number of hydrogen-bond acceptors (Lipinski definition) is 7. The van der Waals surface area contributed by atoms with E-state index in [4.69, 9.17) is 14.0 Å². The van der Waals surface area contributed by atoms with Crippen LogP contribution in [0.1, 0.15) is 30.1 Å². The van der Waals surface area contributed by atoms with Crippen LogP contribution in [0.15, 0.2) is 34.9 Å². The number of ether oxygens (including phenoxy) is 2. The molecule has 1 fully saturated rings. The van der Waals surface area contributed by atoms with Gasteiger partial charge in [-0.3, -0.25) is 0 Å². The molecular formula is C18H25N3O5S. The Morgan fingerprint density at radius 1 is 1.30 bits per heavy atom. The quantitative estimate of drug-likeness (QED) is 0.638. The second-order valence-corrected chi connectivity index (χ2v) is 8.49. The van der Waals surface area contributed by atoms with Crippen molar-refractivity contribution in [2.45, 2.75) is 37.7 Å². The van der Waals surface area contributed by atoms with Crippen LogP contribution < -0.4 is 0 Å². The Kier molecular flexibility index (Phi) is 6.95. The summed E-state index contributed by atoms with van der Waals surface area (Å²) in [4.78, 5) is 4.19. The fourth-order valence-electron chi connectivity index (χ4n) is 3.06. The summed E-state index contributed by atoms with van der Waals surface area (Å²) >= 11 is 0. The first-order valence-corrected chi connectivity index (χ1v) is 10.6. The molecule has 1 unspecified atom stereocenters. The van der Waals surface area contributed by atoms with Gasteiger partial charge in [-0.05, 0) is 18.4 Å². The fourth-order valence-corrected chi connectivity index (χ4v) is 4.66. The van der Waals surface area contributed by atoms with Gasteiger partial charge in [-0.1, -0.05) is 35.5 Å². The predicted octanol–water partition coefficient (Wildman–Crippen LogP) is 1.77. The molecule has 9 heteroatoms. The summed E-state index contributed by atoms with van der Waals surface area (Å²) in [6.07, 6.45) is 2.03. The fraction of sp³-hybridized carbons (Fsp3) is 0.556. The normalized spacial score (nSPS) is 18.6. The van der Waals surface area contributed by atoms with Crippen LogP contribution in [0.25, 0.3) is 0 Å². The van der Waals surface area contributed by atoms with Crippen molar-refractivity contribution in [3.63, 3.8) is 0 Å². The van der Waals surface area contributed by atoms with E-state index in [1.54, 1.807) is 11.4 Å². The minimum atomic E-state index is -3.35. The molecule has 0 amide bonds. The molecule has 2 aromatic rings. The first-order valence-electron chi connectivity index (χ1n) is 9.00. The van der Waals surface area contributed by atoms with Crippen LogP contribution in [-0.4, -0.2) is 55.8 Å². The lowest BCUT2D eigenvalue weighted by Gasteiger charge is -2.31. The average Bonchev–Trinajstić information content (AvgIpc) is 3.10. The Morgan fingerprint density at radius 2 is 2.11 bits per heavy atom. The highest BCUT2D eigenvalue weighted by Gasteiger charge is 2.29. The lowest BCUT2D eigenvalue weighted by atomic mass is 10.1. The molecule has 0 N–H and O–H groups in total. The van der Waals surface area contributed by atoms with Gasteiger partial charge < -0.3 is 14.0 Å². The van der Waals surface area contributed by atoms with Gasteiger partial charge in [-0.2, -0.15) is 9.29 Å². The largest absolute Gasteiger partial charge is 0.376 e. The molecule has 1 aromatic heterocycles. The van der Waals surface area contributed by atoms with E-state index in [0.717, 1.165) is 18.4 Å². The van der Waals surface area contributed by atoms with Gasteiger partial charge in [-0.15, -0.1) is 0 Å². The molecule has 1 atom stereocenters. The van der Waals surface area contributed by atoms with Gasteiger partial charge in [0.2, 0.25) is 10.0 Å². The van der Waals surface area contributed by atoms with Gasteiger partial charge >= 0.3 is 0 Å². The summed E-state index contributed by atoms with van der Waals surface area (Å²) < 4.78 is 42.8. The first kappa shape index (κ1) is 19.9.